The summed E-state index contributed by atoms with van der Waals surface area (Å²) in [4.78, 5) is 7.03. The number of aromatic nitrogens is 1. The van der Waals surface area contributed by atoms with Crippen LogP contribution in [0.3, 0.4) is 0 Å². The summed E-state index contributed by atoms with van der Waals surface area (Å²) in [6.45, 7) is 5.25. The maximum atomic E-state index is 13.7. The molecular formula is C24H27FN2O3. The molecule has 5 nitrogen and oxygen atoms in total. The number of oxazole rings is 1. The highest BCUT2D eigenvalue weighted by Crippen LogP contribution is 2.28. The van der Waals surface area contributed by atoms with E-state index in [9.17, 15) is 4.39 Å². The predicted octanol–water partition coefficient (Wildman–Crippen LogP) is 4.98. The standard InChI is InChI=1S/C24H27FN2O3/c1-17-22(26-24(30-17)19-8-9-21(25)23(14-19)28-2)15-27-12-10-20(11-13-27)29-16-18-6-4-3-5-7-18/h3-9,14,20H,10-13,15-16H2,1-2H3. The fraction of sp³-hybridized carbons (Fsp3) is 0.375. The van der Waals surface area contributed by atoms with E-state index in [-0.39, 0.29) is 5.75 Å². The number of benzene rings is 2. The second-order valence-corrected chi connectivity index (χ2v) is 7.64. The molecule has 2 heterocycles. The Morgan fingerprint density at radius 2 is 1.90 bits per heavy atom. The fourth-order valence-electron chi connectivity index (χ4n) is 3.73. The van der Waals surface area contributed by atoms with Crippen molar-refractivity contribution in [2.24, 2.45) is 0 Å². The Labute approximate surface area is 176 Å². The van der Waals surface area contributed by atoms with Gasteiger partial charge in [-0.15, -0.1) is 0 Å². The van der Waals surface area contributed by atoms with Gasteiger partial charge in [-0.05, 0) is 43.5 Å². The van der Waals surface area contributed by atoms with Crippen LogP contribution in [-0.2, 0) is 17.9 Å². The first-order valence-corrected chi connectivity index (χ1v) is 10.3. The highest BCUT2D eigenvalue weighted by atomic mass is 19.1. The number of likely N-dealkylation sites (tertiary alicyclic amines) is 1. The molecule has 0 bridgehead atoms. The molecule has 158 valence electrons. The van der Waals surface area contributed by atoms with Gasteiger partial charge in [0.1, 0.15) is 5.76 Å². The number of hydrogen-bond donors (Lipinski definition) is 0. The summed E-state index contributed by atoms with van der Waals surface area (Å²) in [5.41, 5.74) is 2.83. The van der Waals surface area contributed by atoms with Crippen molar-refractivity contribution in [1.82, 2.24) is 9.88 Å². The Morgan fingerprint density at radius 1 is 1.13 bits per heavy atom. The summed E-state index contributed by atoms with van der Waals surface area (Å²) >= 11 is 0. The molecule has 0 saturated carbocycles. The summed E-state index contributed by atoms with van der Waals surface area (Å²) in [7, 11) is 1.45. The lowest BCUT2D eigenvalue weighted by atomic mass is 10.1. The summed E-state index contributed by atoms with van der Waals surface area (Å²) in [6.07, 6.45) is 2.31. The molecule has 0 spiro atoms. The van der Waals surface area contributed by atoms with E-state index in [0.717, 1.165) is 43.9 Å². The van der Waals surface area contributed by atoms with Crippen molar-refractivity contribution in [2.45, 2.75) is 39.0 Å². The Balaban J connectivity index is 1.32. The minimum absolute atomic E-state index is 0.183. The zero-order chi connectivity index (χ0) is 20.9. The lowest BCUT2D eigenvalue weighted by Gasteiger charge is -2.31. The van der Waals surface area contributed by atoms with E-state index < -0.39 is 5.82 Å². The molecule has 6 heteroatoms. The van der Waals surface area contributed by atoms with Crippen molar-refractivity contribution in [3.8, 4) is 17.2 Å². The maximum Gasteiger partial charge on any atom is 0.226 e. The van der Waals surface area contributed by atoms with Crippen LogP contribution in [0, 0.1) is 12.7 Å². The Morgan fingerprint density at radius 3 is 2.63 bits per heavy atom. The highest BCUT2D eigenvalue weighted by Gasteiger charge is 2.22. The average molecular weight is 410 g/mol. The number of hydrogen-bond acceptors (Lipinski definition) is 5. The lowest BCUT2D eigenvalue weighted by molar-refractivity contribution is -0.00418. The molecule has 0 atom stereocenters. The van der Waals surface area contributed by atoms with Crippen molar-refractivity contribution in [3.63, 3.8) is 0 Å². The van der Waals surface area contributed by atoms with Gasteiger partial charge < -0.3 is 13.9 Å². The number of piperidine rings is 1. The lowest BCUT2D eigenvalue weighted by Crippen LogP contribution is -2.36. The smallest absolute Gasteiger partial charge is 0.226 e. The third kappa shape index (κ3) is 4.89. The maximum absolute atomic E-state index is 13.7. The van der Waals surface area contributed by atoms with Gasteiger partial charge in [0.25, 0.3) is 0 Å². The normalized spacial score (nSPS) is 15.4. The van der Waals surface area contributed by atoms with E-state index in [1.807, 2.05) is 25.1 Å². The van der Waals surface area contributed by atoms with Crippen LogP contribution in [0.2, 0.25) is 0 Å². The monoisotopic (exact) mass is 410 g/mol. The van der Waals surface area contributed by atoms with Gasteiger partial charge in [-0.2, -0.15) is 0 Å². The molecule has 0 radical (unpaired) electrons. The van der Waals surface area contributed by atoms with Gasteiger partial charge in [0.2, 0.25) is 5.89 Å². The first kappa shape index (κ1) is 20.6. The molecule has 0 unspecified atom stereocenters. The number of aryl methyl sites for hydroxylation is 1. The molecule has 4 rings (SSSR count). The number of rotatable bonds is 7. The van der Waals surface area contributed by atoms with Crippen LogP contribution >= 0.6 is 0 Å². The fourth-order valence-corrected chi connectivity index (χ4v) is 3.73. The van der Waals surface area contributed by atoms with Gasteiger partial charge in [-0.25, -0.2) is 9.37 Å². The van der Waals surface area contributed by atoms with Gasteiger partial charge in [0.05, 0.1) is 25.5 Å². The number of nitrogens with zero attached hydrogens (tertiary/aromatic N) is 2. The van der Waals surface area contributed by atoms with Gasteiger partial charge in [-0.3, -0.25) is 4.90 Å². The van der Waals surface area contributed by atoms with E-state index >= 15 is 0 Å². The van der Waals surface area contributed by atoms with Crippen LogP contribution in [-0.4, -0.2) is 36.2 Å². The quantitative estimate of drug-likeness (QED) is 0.550. The van der Waals surface area contributed by atoms with Gasteiger partial charge in [0, 0.05) is 25.2 Å². The van der Waals surface area contributed by atoms with Crippen molar-refractivity contribution in [3.05, 3.63) is 71.4 Å². The SMILES string of the molecule is COc1cc(-c2nc(CN3CCC(OCc4ccccc4)CC3)c(C)o2)ccc1F. The number of methoxy groups -OCH3 is 1. The summed E-state index contributed by atoms with van der Waals surface area (Å²) in [6, 6.07) is 14.9. The molecule has 1 aliphatic heterocycles. The summed E-state index contributed by atoms with van der Waals surface area (Å²) < 4.78 is 30.7. The molecule has 0 aliphatic carbocycles. The topological polar surface area (TPSA) is 47.7 Å². The van der Waals surface area contributed by atoms with Crippen molar-refractivity contribution in [1.29, 1.82) is 0 Å². The Bertz CT molecular complexity index is 966. The summed E-state index contributed by atoms with van der Waals surface area (Å²) in [5.74, 6) is 1.06. The molecule has 1 saturated heterocycles. The molecule has 0 N–H and O–H groups in total. The number of halogens is 1. The molecule has 30 heavy (non-hydrogen) atoms. The molecule has 1 fully saturated rings. The first-order chi connectivity index (χ1) is 14.6. The second kappa shape index (κ2) is 9.41. The van der Waals surface area contributed by atoms with E-state index in [1.54, 1.807) is 12.1 Å². The predicted molar refractivity (Wildman–Crippen MR) is 113 cm³/mol. The Hall–Kier alpha value is -2.70. The van der Waals surface area contributed by atoms with E-state index in [2.05, 4.69) is 22.0 Å². The van der Waals surface area contributed by atoms with Crippen LogP contribution in [0.25, 0.3) is 11.5 Å². The second-order valence-electron chi connectivity index (χ2n) is 7.64. The Kier molecular flexibility index (Phi) is 6.45. The number of ether oxygens (including phenoxy) is 2. The molecule has 1 aromatic heterocycles. The minimum atomic E-state index is -0.401. The molecule has 3 aromatic rings. The third-order valence-corrected chi connectivity index (χ3v) is 5.53. The molecule has 2 aromatic carbocycles. The van der Waals surface area contributed by atoms with Crippen LogP contribution in [0.1, 0.15) is 29.9 Å². The van der Waals surface area contributed by atoms with E-state index in [1.165, 1.54) is 18.7 Å². The van der Waals surface area contributed by atoms with E-state index in [0.29, 0.717) is 24.2 Å². The van der Waals surface area contributed by atoms with Gasteiger partial charge in [0.15, 0.2) is 11.6 Å². The highest BCUT2D eigenvalue weighted by molar-refractivity contribution is 5.56. The third-order valence-electron chi connectivity index (χ3n) is 5.53. The minimum Gasteiger partial charge on any atom is -0.494 e. The first-order valence-electron chi connectivity index (χ1n) is 10.3. The zero-order valence-corrected chi connectivity index (χ0v) is 17.4. The van der Waals surface area contributed by atoms with Gasteiger partial charge >= 0.3 is 0 Å². The van der Waals surface area contributed by atoms with Crippen LogP contribution < -0.4 is 4.74 Å². The largest absolute Gasteiger partial charge is 0.494 e. The van der Waals surface area contributed by atoms with Crippen molar-refractivity contribution in [2.75, 3.05) is 20.2 Å². The summed E-state index contributed by atoms with van der Waals surface area (Å²) in [5, 5.41) is 0. The zero-order valence-electron chi connectivity index (χ0n) is 17.4. The van der Waals surface area contributed by atoms with Crippen LogP contribution in [0.4, 0.5) is 4.39 Å². The molecular weight excluding hydrogens is 383 g/mol. The van der Waals surface area contributed by atoms with Crippen molar-refractivity contribution < 1.29 is 18.3 Å². The van der Waals surface area contributed by atoms with Crippen LogP contribution in [0.5, 0.6) is 5.75 Å². The van der Waals surface area contributed by atoms with Crippen molar-refractivity contribution >= 4 is 0 Å². The molecule has 0 amide bonds. The van der Waals surface area contributed by atoms with Gasteiger partial charge in [-0.1, -0.05) is 30.3 Å². The average Bonchev–Trinajstić information content (AvgIpc) is 3.14. The molecule has 1 aliphatic rings. The van der Waals surface area contributed by atoms with E-state index in [4.69, 9.17) is 13.9 Å². The van der Waals surface area contributed by atoms with Crippen LogP contribution in [0.15, 0.2) is 52.9 Å².